The Balaban J connectivity index is 2.17. The smallest absolute Gasteiger partial charge is 0.173 e. The molecular weight excluding hydrogens is 233 g/mol. The summed E-state index contributed by atoms with van der Waals surface area (Å²) >= 11 is 0. The summed E-state index contributed by atoms with van der Waals surface area (Å²) < 4.78 is 15.1. The molecule has 0 saturated carbocycles. The van der Waals surface area contributed by atoms with Gasteiger partial charge in [0.2, 0.25) is 0 Å². The Morgan fingerprint density at radius 3 is 2.89 bits per heavy atom. The maximum Gasteiger partial charge on any atom is 0.173 e. The van der Waals surface area contributed by atoms with E-state index in [1.165, 1.54) is 18.5 Å². The number of benzene rings is 1. The van der Waals surface area contributed by atoms with Crippen LogP contribution in [0.15, 0.2) is 30.6 Å². The maximum atomic E-state index is 13.5. The van der Waals surface area contributed by atoms with E-state index in [0.717, 1.165) is 6.42 Å². The maximum absolute atomic E-state index is 13.5. The lowest BCUT2D eigenvalue weighted by molar-refractivity contribution is 0.0985. The average Bonchev–Trinajstić information content (AvgIpc) is 2.78. The molecule has 0 amide bonds. The van der Waals surface area contributed by atoms with Crippen molar-refractivity contribution in [1.29, 1.82) is 0 Å². The molecule has 0 unspecified atom stereocenters. The number of ketones is 1. The molecular formula is C13H14FN3O. The monoisotopic (exact) mass is 247 g/mol. The molecule has 1 heterocycles. The SMILES string of the molecule is CCCn1ncnc1CC(=O)c1ccccc1F. The Kier molecular flexibility index (Phi) is 3.82. The predicted molar refractivity (Wildman–Crippen MR) is 64.7 cm³/mol. The summed E-state index contributed by atoms with van der Waals surface area (Å²) in [6, 6.07) is 5.97. The summed E-state index contributed by atoms with van der Waals surface area (Å²) in [5.41, 5.74) is 0.101. The van der Waals surface area contributed by atoms with Crippen molar-refractivity contribution in [3.8, 4) is 0 Å². The van der Waals surface area contributed by atoms with Crippen LogP contribution in [0.25, 0.3) is 0 Å². The van der Waals surface area contributed by atoms with Crippen molar-refractivity contribution in [2.75, 3.05) is 0 Å². The van der Waals surface area contributed by atoms with E-state index in [-0.39, 0.29) is 17.8 Å². The minimum atomic E-state index is -0.496. The lowest BCUT2D eigenvalue weighted by atomic mass is 10.1. The summed E-state index contributed by atoms with van der Waals surface area (Å²) in [7, 11) is 0. The molecule has 0 spiro atoms. The van der Waals surface area contributed by atoms with Gasteiger partial charge in [0.1, 0.15) is 18.0 Å². The molecule has 5 heteroatoms. The zero-order valence-electron chi connectivity index (χ0n) is 10.1. The third kappa shape index (κ3) is 2.61. The van der Waals surface area contributed by atoms with Crippen LogP contribution < -0.4 is 0 Å². The van der Waals surface area contributed by atoms with Crippen LogP contribution in [-0.2, 0) is 13.0 Å². The van der Waals surface area contributed by atoms with E-state index in [4.69, 9.17) is 0 Å². The fourth-order valence-corrected chi connectivity index (χ4v) is 1.75. The van der Waals surface area contributed by atoms with Gasteiger partial charge in [0.25, 0.3) is 0 Å². The molecule has 0 saturated heterocycles. The Bertz CT molecular complexity index is 551. The third-order valence-corrected chi connectivity index (χ3v) is 2.62. The highest BCUT2D eigenvalue weighted by Gasteiger charge is 2.14. The molecule has 18 heavy (non-hydrogen) atoms. The van der Waals surface area contributed by atoms with Gasteiger partial charge >= 0.3 is 0 Å². The zero-order chi connectivity index (χ0) is 13.0. The molecule has 0 bridgehead atoms. The van der Waals surface area contributed by atoms with Crippen LogP contribution in [0.3, 0.4) is 0 Å². The molecule has 4 nitrogen and oxygen atoms in total. The molecule has 0 N–H and O–H groups in total. The lowest BCUT2D eigenvalue weighted by Crippen LogP contribution is -2.12. The van der Waals surface area contributed by atoms with E-state index in [0.29, 0.717) is 12.4 Å². The van der Waals surface area contributed by atoms with Gasteiger partial charge in [-0.15, -0.1) is 0 Å². The van der Waals surface area contributed by atoms with Crippen molar-refractivity contribution in [2.45, 2.75) is 26.3 Å². The minimum absolute atomic E-state index is 0.0704. The first-order valence-electron chi connectivity index (χ1n) is 5.86. The third-order valence-electron chi connectivity index (χ3n) is 2.62. The second kappa shape index (κ2) is 5.53. The fourth-order valence-electron chi connectivity index (χ4n) is 1.75. The largest absolute Gasteiger partial charge is 0.294 e. The standard InChI is InChI=1S/C13H14FN3O/c1-2-7-17-13(15-9-16-17)8-12(18)10-5-3-4-6-11(10)14/h3-6,9H,2,7-8H2,1H3. The van der Waals surface area contributed by atoms with Crippen LogP contribution in [0, 0.1) is 5.82 Å². The van der Waals surface area contributed by atoms with Crippen LogP contribution in [0.1, 0.15) is 29.5 Å². The minimum Gasteiger partial charge on any atom is -0.294 e. The van der Waals surface area contributed by atoms with Crippen molar-refractivity contribution in [3.63, 3.8) is 0 Å². The van der Waals surface area contributed by atoms with Gasteiger partial charge in [-0.25, -0.2) is 14.1 Å². The van der Waals surface area contributed by atoms with Crippen LogP contribution in [0.2, 0.25) is 0 Å². The molecule has 0 atom stereocenters. The number of Topliss-reactive ketones (excluding diaryl/α,β-unsaturated/α-hetero) is 1. The molecule has 1 aromatic heterocycles. The number of nitrogens with zero attached hydrogens (tertiary/aromatic N) is 3. The van der Waals surface area contributed by atoms with Gasteiger partial charge in [-0.05, 0) is 18.6 Å². The number of hydrogen-bond donors (Lipinski definition) is 0. The molecule has 2 aromatic rings. The number of carbonyl (C=O) groups is 1. The topological polar surface area (TPSA) is 47.8 Å². The van der Waals surface area contributed by atoms with Crippen molar-refractivity contribution in [1.82, 2.24) is 14.8 Å². The summed E-state index contributed by atoms with van der Waals surface area (Å²) in [4.78, 5) is 16.0. The zero-order valence-corrected chi connectivity index (χ0v) is 10.1. The first kappa shape index (κ1) is 12.4. The lowest BCUT2D eigenvalue weighted by Gasteiger charge is -2.04. The van der Waals surface area contributed by atoms with E-state index in [2.05, 4.69) is 10.1 Å². The Morgan fingerprint density at radius 1 is 1.39 bits per heavy atom. The molecule has 0 fully saturated rings. The Labute approximate surface area is 104 Å². The Hall–Kier alpha value is -2.04. The second-order valence-electron chi connectivity index (χ2n) is 3.98. The Morgan fingerprint density at radius 2 is 2.17 bits per heavy atom. The molecule has 0 aliphatic rings. The number of aromatic nitrogens is 3. The summed E-state index contributed by atoms with van der Waals surface area (Å²) in [6.45, 7) is 2.73. The molecule has 0 aliphatic heterocycles. The van der Waals surface area contributed by atoms with Gasteiger partial charge in [-0.3, -0.25) is 4.79 Å². The first-order valence-corrected chi connectivity index (χ1v) is 5.86. The summed E-state index contributed by atoms with van der Waals surface area (Å²) in [5.74, 6) is -0.201. The van der Waals surface area contributed by atoms with Crippen molar-refractivity contribution < 1.29 is 9.18 Å². The fraction of sp³-hybridized carbons (Fsp3) is 0.308. The van der Waals surface area contributed by atoms with E-state index in [1.807, 2.05) is 6.92 Å². The van der Waals surface area contributed by atoms with Crippen LogP contribution in [0.5, 0.6) is 0 Å². The van der Waals surface area contributed by atoms with Gasteiger partial charge in [-0.2, -0.15) is 5.10 Å². The molecule has 0 radical (unpaired) electrons. The highest BCUT2D eigenvalue weighted by atomic mass is 19.1. The second-order valence-corrected chi connectivity index (χ2v) is 3.98. The first-order chi connectivity index (χ1) is 8.72. The van der Waals surface area contributed by atoms with Gasteiger partial charge in [-0.1, -0.05) is 19.1 Å². The normalized spacial score (nSPS) is 10.6. The van der Waals surface area contributed by atoms with Crippen molar-refractivity contribution in [2.24, 2.45) is 0 Å². The highest BCUT2D eigenvalue weighted by molar-refractivity contribution is 5.97. The summed E-state index contributed by atoms with van der Waals surface area (Å²) in [6.07, 6.45) is 2.39. The van der Waals surface area contributed by atoms with Crippen LogP contribution >= 0.6 is 0 Å². The predicted octanol–water partition coefficient (Wildman–Crippen LogP) is 2.25. The van der Waals surface area contributed by atoms with Gasteiger partial charge in [0, 0.05) is 6.54 Å². The van der Waals surface area contributed by atoms with Crippen LogP contribution in [-0.4, -0.2) is 20.5 Å². The number of halogens is 1. The average molecular weight is 247 g/mol. The van der Waals surface area contributed by atoms with E-state index >= 15 is 0 Å². The van der Waals surface area contributed by atoms with E-state index < -0.39 is 5.82 Å². The summed E-state index contributed by atoms with van der Waals surface area (Å²) in [5, 5.41) is 4.03. The van der Waals surface area contributed by atoms with Crippen molar-refractivity contribution in [3.05, 3.63) is 47.8 Å². The van der Waals surface area contributed by atoms with Crippen LogP contribution in [0.4, 0.5) is 4.39 Å². The van der Waals surface area contributed by atoms with Gasteiger partial charge in [0.15, 0.2) is 5.78 Å². The number of hydrogen-bond acceptors (Lipinski definition) is 3. The molecule has 1 aromatic carbocycles. The van der Waals surface area contributed by atoms with E-state index in [1.54, 1.807) is 16.8 Å². The van der Waals surface area contributed by atoms with Gasteiger partial charge in [0.05, 0.1) is 12.0 Å². The molecule has 94 valence electrons. The molecule has 2 rings (SSSR count). The highest BCUT2D eigenvalue weighted by Crippen LogP contribution is 2.10. The number of aryl methyl sites for hydroxylation is 1. The number of rotatable bonds is 5. The van der Waals surface area contributed by atoms with E-state index in [9.17, 15) is 9.18 Å². The van der Waals surface area contributed by atoms with Gasteiger partial charge < -0.3 is 0 Å². The number of carbonyl (C=O) groups excluding carboxylic acids is 1. The molecule has 0 aliphatic carbocycles. The quantitative estimate of drug-likeness (QED) is 0.761. The van der Waals surface area contributed by atoms with Crippen molar-refractivity contribution >= 4 is 5.78 Å².